The van der Waals surface area contributed by atoms with Gasteiger partial charge in [0, 0.05) is 29.7 Å². The van der Waals surface area contributed by atoms with Crippen LogP contribution < -0.4 is 10.5 Å². The maximum atomic E-state index is 15.1. The summed E-state index contributed by atoms with van der Waals surface area (Å²) in [5.74, 6) is -1.65. The Hall–Kier alpha value is -3.09. The molecule has 0 bridgehead atoms. The predicted octanol–water partition coefficient (Wildman–Crippen LogP) is 3.39. The molecule has 2 aliphatic rings. The Morgan fingerprint density at radius 3 is 2.83 bits per heavy atom. The van der Waals surface area contributed by atoms with E-state index in [-0.39, 0.29) is 22.8 Å². The second kappa shape index (κ2) is 9.09. The zero-order valence-electron chi connectivity index (χ0n) is 19.3. The van der Waals surface area contributed by atoms with Gasteiger partial charge in [-0.25, -0.2) is 22.6 Å². The van der Waals surface area contributed by atoms with Gasteiger partial charge in [0.1, 0.15) is 17.0 Å². The molecule has 6 rings (SSSR count). The molecule has 4 aromatic rings. The Labute approximate surface area is 210 Å². The van der Waals surface area contributed by atoms with Crippen LogP contribution in [0.5, 0.6) is 0 Å². The molecule has 2 aromatic carbocycles. The van der Waals surface area contributed by atoms with Crippen molar-refractivity contribution in [2.75, 3.05) is 17.8 Å². The standard InChI is InChI=1S/C24H24FN5O4S2/c25-19-11-20-21(12-22(19)36(32,33)28-23-26-14-27-35-23)34-24(31)30(20)13-16-5-3-4-15-6-7-17(10-18(15)16)29-8-1-2-9-29/h3-5,11-12,14,17H,1-2,6-10,13H2,(H,26,27,28). The van der Waals surface area contributed by atoms with Gasteiger partial charge in [-0.1, -0.05) is 18.2 Å². The SMILES string of the molecule is O=c1oc2cc(S(=O)(=O)Nc3ncns3)c(F)cc2n1Cc1cccc2c1CC(N1CCCC1)CC2. The number of fused-ring (bicyclic) bond motifs is 2. The van der Waals surface area contributed by atoms with Gasteiger partial charge in [-0.05, 0) is 61.9 Å². The summed E-state index contributed by atoms with van der Waals surface area (Å²) < 4.78 is 53.1. The molecule has 0 saturated carbocycles. The highest BCUT2D eigenvalue weighted by Gasteiger charge is 2.28. The fourth-order valence-corrected chi connectivity index (χ4v) is 7.13. The van der Waals surface area contributed by atoms with E-state index in [1.165, 1.54) is 34.9 Å². The molecule has 1 unspecified atom stereocenters. The molecule has 12 heteroatoms. The first kappa shape index (κ1) is 23.3. The maximum absolute atomic E-state index is 15.1. The van der Waals surface area contributed by atoms with Crippen LogP contribution in [0.1, 0.15) is 36.0 Å². The van der Waals surface area contributed by atoms with Crippen LogP contribution in [0, 0.1) is 5.82 Å². The number of nitrogens with one attached hydrogen (secondary N) is 1. The number of rotatable bonds is 6. The number of benzene rings is 2. The zero-order chi connectivity index (χ0) is 24.9. The number of hydrogen-bond donors (Lipinski definition) is 1. The molecule has 0 spiro atoms. The third-order valence-electron chi connectivity index (χ3n) is 7.14. The third-order valence-corrected chi connectivity index (χ3v) is 9.20. The lowest BCUT2D eigenvalue weighted by Gasteiger charge is -2.33. The molecule has 1 saturated heterocycles. The van der Waals surface area contributed by atoms with Crippen LogP contribution in [0.2, 0.25) is 0 Å². The van der Waals surface area contributed by atoms with Crippen molar-refractivity contribution in [2.24, 2.45) is 0 Å². The Balaban J connectivity index is 1.34. The minimum atomic E-state index is -4.29. The van der Waals surface area contributed by atoms with Gasteiger partial charge >= 0.3 is 5.76 Å². The van der Waals surface area contributed by atoms with Crippen LogP contribution in [0.3, 0.4) is 0 Å². The molecular weight excluding hydrogens is 505 g/mol. The highest BCUT2D eigenvalue weighted by atomic mass is 32.2. The Bertz CT molecular complexity index is 1590. The van der Waals surface area contributed by atoms with Crippen LogP contribution in [-0.2, 0) is 29.4 Å². The van der Waals surface area contributed by atoms with Gasteiger partial charge in [0.05, 0.1) is 12.1 Å². The van der Waals surface area contributed by atoms with Crippen LogP contribution in [-0.4, -0.2) is 46.4 Å². The first-order valence-electron chi connectivity index (χ1n) is 11.8. The molecule has 9 nitrogen and oxygen atoms in total. The Kier molecular flexibility index (Phi) is 5.89. The summed E-state index contributed by atoms with van der Waals surface area (Å²) in [6.07, 6.45) is 6.70. The van der Waals surface area contributed by atoms with Gasteiger partial charge in [0.25, 0.3) is 10.0 Å². The van der Waals surface area contributed by atoms with E-state index in [0.717, 1.165) is 61.6 Å². The zero-order valence-corrected chi connectivity index (χ0v) is 20.9. The first-order chi connectivity index (χ1) is 17.4. The van der Waals surface area contributed by atoms with Crippen molar-refractivity contribution in [1.29, 1.82) is 0 Å². The molecular formula is C24H24FN5O4S2. The summed E-state index contributed by atoms with van der Waals surface area (Å²) in [6, 6.07) is 8.69. The van der Waals surface area contributed by atoms with E-state index < -0.39 is 26.5 Å². The van der Waals surface area contributed by atoms with Crippen LogP contribution >= 0.6 is 11.5 Å². The number of aryl methyl sites for hydroxylation is 1. The molecule has 0 radical (unpaired) electrons. The first-order valence-corrected chi connectivity index (χ1v) is 14.1. The van der Waals surface area contributed by atoms with Crippen molar-refractivity contribution in [3.8, 4) is 0 Å². The van der Waals surface area contributed by atoms with Gasteiger partial charge in [-0.15, -0.1) is 0 Å². The quantitative estimate of drug-likeness (QED) is 0.408. The molecule has 1 aliphatic carbocycles. The minimum Gasteiger partial charge on any atom is -0.408 e. The average molecular weight is 530 g/mol. The number of oxazole rings is 1. The Morgan fingerprint density at radius 2 is 2.06 bits per heavy atom. The van der Waals surface area contributed by atoms with E-state index in [9.17, 15) is 13.2 Å². The summed E-state index contributed by atoms with van der Waals surface area (Å²) in [6.45, 7) is 2.48. The minimum absolute atomic E-state index is 0.00113. The van der Waals surface area contributed by atoms with Crippen LogP contribution in [0.25, 0.3) is 11.1 Å². The smallest absolute Gasteiger partial charge is 0.408 e. The molecule has 2 aromatic heterocycles. The summed E-state index contributed by atoms with van der Waals surface area (Å²) in [4.78, 5) is 18.5. The van der Waals surface area contributed by atoms with E-state index in [0.29, 0.717) is 6.04 Å². The molecule has 3 heterocycles. The number of likely N-dealkylation sites (tertiary alicyclic amines) is 1. The highest BCUT2D eigenvalue weighted by molar-refractivity contribution is 7.93. The van der Waals surface area contributed by atoms with Crippen molar-refractivity contribution in [3.63, 3.8) is 0 Å². The molecule has 1 fully saturated rings. The molecule has 1 aliphatic heterocycles. The Morgan fingerprint density at radius 1 is 1.22 bits per heavy atom. The van der Waals surface area contributed by atoms with Crippen LogP contribution in [0.15, 0.2) is 50.8 Å². The van der Waals surface area contributed by atoms with Gasteiger partial charge in [-0.2, -0.15) is 4.37 Å². The number of anilines is 1. The molecule has 1 N–H and O–H groups in total. The fraction of sp³-hybridized carbons (Fsp3) is 0.375. The number of halogens is 1. The molecule has 1 atom stereocenters. The van der Waals surface area contributed by atoms with Gasteiger partial charge in [-0.3, -0.25) is 9.29 Å². The summed E-state index contributed by atoms with van der Waals surface area (Å²) in [7, 11) is -4.29. The number of aromatic nitrogens is 3. The summed E-state index contributed by atoms with van der Waals surface area (Å²) >= 11 is 0.827. The van der Waals surface area contributed by atoms with E-state index in [1.54, 1.807) is 0 Å². The molecule has 188 valence electrons. The van der Waals surface area contributed by atoms with E-state index in [4.69, 9.17) is 4.42 Å². The van der Waals surface area contributed by atoms with E-state index in [2.05, 4.69) is 25.0 Å². The van der Waals surface area contributed by atoms with Gasteiger partial charge in [0.15, 0.2) is 5.58 Å². The van der Waals surface area contributed by atoms with Crippen molar-refractivity contribution < 1.29 is 17.2 Å². The monoisotopic (exact) mass is 529 g/mol. The second-order valence-corrected chi connectivity index (χ2v) is 11.7. The highest BCUT2D eigenvalue weighted by Crippen LogP contribution is 2.31. The summed E-state index contributed by atoms with van der Waals surface area (Å²) in [5.41, 5.74) is 3.72. The van der Waals surface area contributed by atoms with Crippen molar-refractivity contribution in [2.45, 2.75) is 49.6 Å². The number of nitrogens with zero attached hydrogens (tertiary/aromatic N) is 4. The van der Waals surface area contributed by atoms with E-state index >= 15 is 4.39 Å². The van der Waals surface area contributed by atoms with Gasteiger partial charge < -0.3 is 9.32 Å². The maximum Gasteiger partial charge on any atom is 0.420 e. The molecule has 36 heavy (non-hydrogen) atoms. The largest absolute Gasteiger partial charge is 0.420 e. The predicted molar refractivity (Wildman–Crippen MR) is 133 cm³/mol. The van der Waals surface area contributed by atoms with Crippen molar-refractivity contribution >= 4 is 37.8 Å². The topological polar surface area (TPSA) is 110 Å². The average Bonchev–Trinajstić information content (AvgIpc) is 3.62. The number of sulfonamides is 1. The lowest BCUT2D eigenvalue weighted by atomic mass is 9.84. The van der Waals surface area contributed by atoms with Crippen LogP contribution in [0.4, 0.5) is 9.52 Å². The van der Waals surface area contributed by atoms with Crippen molar-refractivity contribution in [1.82, 2.24) is 18.8 Å². The lowest BCUT2D eigenvalue weighted by Crippen LogP contribution is -2.37. The lowest BCUT2D eigenvalue weighted by molar-refractivity contribution is 0.221. The van der Waals surface area contributed by atoms with Crippen molar-refractivity contribution in [3.05, 3.63) is 69.7 Å². The van der Waals surface area contributed by atoms with Gasteiger partial charge in [0.2, 0.25) is 5.13 Å². The third kappa shape index (κ3) is 4.22. The molecule has 0 amide bonds. The normalized spacial score (nSPS) is 18.5. The summed E-state index contributed by atoms with van der Waals surface area (Å²) in [5, 5.41) is 0.00889. The van der Waals surface area contributed by atoms with E-state index in [1.807, 2.05) is 12.1 Å². The number of hydrogen-bond acceptors (Lipinski definition) is 8. The second-order valence-electron chi connectivity index (χ2n) is 9.25. The fourth-order valence-electron chi connectivity index (χ4n) is 5.39.